The van der Waals surface area contributed by atoms with Crippen LogP contribution in [0.4, 0.5) is 9.52 Å². The molecule has 0 aliphatic rings. The monoisotopic (exact) mass is 408 g/mol. The number of imidazole rings is 1. The van der Waals surface area contributed by atoms with Crippen molar-refractivity contribution in [3.05, 3.63) is 78.1 Å². The molecule has 4 rings (SSSR count). The summed E-state index contributed by atoms with van der Waals surface area (Å²) in [5.41, 5.74) is 2.39. The third kappa shape index (κ3) is 4.51. The van der Waals surface area contributed by atoms with Crippen LogP contribution in [0.3, 0.4) is 0 Å². The van der Waals surface area contributed by atoms with Crippen LogP contribution in [-0.2, 0) is 17.8 Å². The Bertz CT molecular complexity index is 1120. The highest BCUT2D eigenvalue weighted by Gasteiger charge is 2.21. The molecule has 7 heteroatoms. The average Bonchev–Trinajstić information content (AvgIpc) is 3.35. The highest BCUT2D eigenvalue weighted by Crippen LogP contribution is 2.30. The SMILES string of the molecule is Cc1cccc(CC(=O)N(CCCn2ccnc2)c2nc3c(F)cccc3s2)c1. The normalized spacial score (nSPS) is 11.1. The molecule has 0 aliphatic heterocycles. The van der Waals surface area contributed by atoms with Gasteiger partial charge in [0.05, 0.1) is 17.4 Å². The molecule has 0 aliphatic carbocycles. The summed E-state index contributed by atoms with van der Waals surface area (Å²) in [5, 5.41) is 0.536. The molecule has 148 valence electrons. The van der Waals surface area contributed by atoms with Crippen LogP contribution in [0.1, 0.15) is 17.5 Å². The highest BCUT2D eigenvalue weighted by molar-refractivity contribution is 7.22. The lowest BCUT2D eigenvalue weighted by molar-refractivity contribution is -0.118. The molecule has 2 aromatic heterocycles. The Morgan fingerprint density at radius 1 is 1.24 bits per heavy atom. The Hall–Kier alpha value is -3.06. The molecular weight excluding hydrogens is 387 g/mol. The predicted octanol–water partition coefficient (Wildman–Crippen LogP) is 4.61. The molecule has 0 saturated heterocycles. The topological polar surface area (TPSA) is 51.0 Å². The van der Waals surface area contributed by atoms with E-state index < -0.39 is 0 Å². The van der Waals surface area contributed by atoms with E-state index in [4.69, 9.17) is 0 Å². The Morgan fingerprint density at radius 2 is 2.10 bits per heavy atom. The van der Waals surface area contributed by atoms with E-state index in [1.807, 2.05) is 48.0 Å². The molecule has 0 unspecified atom stereocenters. The Morgan fingerprint density at radius 3 is 2.86 bits per heavy atom. The van der Waals surface area contributed by atoms with Crippen molar-refractivity contribution in [1.82, 2.24) is 14.5 Å². The van der Waals surface area contributed by atoms with Gasteiger partial charge >= 0.3 is 0 Å². The zero-order valence-electron chi connectivity index (χ0n) is 16.1. The predicted molar refractivity (Wildman–Crippen MR) is 114 cm³/mol. The van der Waals surface area contributed by atoms with Gasteiger partial charge in [0, 0.05) is 25.5 Å². The van der Waals surface area contributed by atoms with Gasteiger partial charge in [-0.1, -0.05) is 47.2 Å². The fourth-order valence-electron chi connectivity index (χ4n) is 3.27. The van der Waals surface area contributed by atoms with E-state index in [-0.39, 0.29) is 18.1 Å². The number of amides is 1. The molecule has 0 saturated carbocycles. The summed E-state index contributed by atoms with van der Waals surface area (Å²) >= 11 is 1.34. The number of aryl methyl sites for hydroxylation is 2. The maximum absolute atomic E-state index is 14.1. The number of fused-ring (bicyclic) bond motifs is 1. The van der Waals surface area contributed by atoms with Crippen molar-refractivity contribution >= 4 is 32.6 Å². The third-order valence-electron chi connectivity index (χ3n) is 4.69. The molecule has 0 atom stereocenters. The lowest BCUT2D eigenvalue weighted by Crippen LogP contribution is -2.33. The zero-order chi connectivity index (χ0) is 20.2. The fraction of sp³-hybridized carbons (Fsp3) is 0.227. The smallest absolute Gasteiger partial charge is 0.233 e. The molecule has 0 fully saturated rings. The summed E-state index contributed by atoms with van der Waals surface area (Å²) in [5.74, 6) is -0.407. The van der Waals surface area contributed by atoms with Crippen molar-refractivity contribution < 1.29 is 9.18 Å². The van der Waals surface area contributed by atoms with E-state index in [0.29, 0.717) is 17.2 Å². The van der Waals surface area contributed by atoms with Gasteiger partial charge in [-0.15, -0.1) is 0 Å². The first-order chi connectivity index (χ1) is 14.1. The summed E-state index contributed by atoms with van der Waals surface area (Å²) in [7, 11) is 0. The molecule has 0 spiro atoms. The Labute approximate surface area is 172 Å². The Balaban J connectivity index is 1.58. The highest BCUT2D eigenvalue weighted by atomic mass is 32.1. The van der Waals surface area contributed by atoms with Gasteiger partial charge in [0.2, 0.25) is 5.91 Å². The molecule has 1 amide bonds. The molecule has 2 aromatic carbocycles. The number of anilines is 1. The number of rotatable bonds is 7. The van der Waals surface area contributed by atoms with Crippen LogP contribution < -0.4 is 4.90 Å². The number of halogens is 1. The first-order valence-electron chi connectivity index (χ1n) is 9.47. The van der Waals surface area contributed by atoms with Crippen molar-refractivity contribution in [2.75, 3.05) is 11.4 Å². The van der Waals surface area contributed by atoms with Crippen LogP contribution >= 0.6 is 11.3 Å². The molecule has 2 heterocycles. The van der Waals surface area contributed by atoms with Crippen LogP contribution in [-0.4, -0.2) is 27.0 Å². The number of hydrogen-bond acceptors (Lipinski definition) is 4. The minimum absolute atomic E-state index is 0.0410. The van der Waals surface area contributed by atoms with E-state index in [9.17, 15) is 9.18 Å². The summed E-state index contributed by atoms with van der Waals surface area (Å²) in [6, 6.07) is 12.8. The largest absolute Gasteiger partial charge is 0.337 e. The summed E-state index contributed by atoms with van der Waals surface area (Å²) in [4.78, 5) is 23.3. The van der Waals surface area contributed by atoms with Crippen LogP contribution in [0.5, 0.6) is 0 Å². The lowest BCUT2D eigenvalue weighted by Gasteiger charge is -2.20. The fourth-order valence-corrected chi connectivity index (χ4v) is 4.29. The maximum atomic E-state index is 14.1. The van der Waals surface area contributed by atoms with Crippen LogP contribution in [0.2, 0.25) is 0 Å². The van der Waals surface area contributed by atoms with Crippen molar-refractivity contribution in [2.24, 2.45) is 0 Å². The van der Waals surface area contributed by atoms with E-state index in [1.54, 1.807) is 23.5 Å². The molecule has 5 nitrogen and oxygen atoms in total. The van der Waals surface area contributed by atoms with Crippen LogP contribution in [0.15, 0.2) is 61.2 Å². The second kappa shape index (κ2) is 8.53. The number of para-hydroxylation sites is 1. The van der Waals surface area contributed by atoms with Gasteiger partial charge < -0.3 is 4.57 Å². The molecular formula is C22H21FN4OS. The summed E-state index contributed by atoms with van der Waals surface area (Å²) < 4.78 is 16.8. The quantitative estimate of drug-likeness (QED) is 0.449. The summed E-state index contributed by atoms with van der Waals surface area (Å²) in [6.07, 6.45) is 6.41. The van der Waals surface area contributed by atoms with Crippen molar-refractivity contribution in [3.8, 4) is 0 Å². The number of carbonyl (C=O) groups excluding carboxylic acids is 1. The van der Waals surface area contributed by atoms with Crippen LogP contribution in [0, 0.1) is 12.7 Å². The van der Waals surface area contributed by atoms with E-state index in [1.165, 1.54) is 17.4 Å². The first-order valence-corrected chi connectivity index (χ1v) is 10.3. The van der Waals surface area contributed by atoms with E-state index in [2.05, 4.69) is 9.97 Å². The average molecular weight is 409 g/mol. The van der Waals surface area contributed by atoms with E-state index >= 15 is 0 Å². The number of benzene rings is 2. The lowest BCUT2D eigenvalue weighted by atomic mass is 10.1. The minimum atomic E-state index is -0.366. The number of nitrogens with zero attached hydrogens (tertiary/aromatic N) is 4. The maximum Gasteiger partial charge on any atom is 0.233 e. The van der Waals surface area contributed by atoms with Gasteiger partial charge in [0.1, 0.15) is 11.3 Å². The number of hydrogen-bond donors (Lipinski definition) is 0. The standard InChI is InChI=1S/C22H21FN4OS/c1-16-5-2-6-17(13-16)14-20(28)27(11-4-10-26-12-9-24-15-26)22-25-21-18(23)7-3-8-19(21)29-22/h2-3,5-9,12-13,15H,4,10-11,14H2,1H3. The van der Waals surface area contributed by atoms with Gasteiger partial charge in [-0.2, -0.15) is 0 Å². The molecule has 4 aromatic rings. The van der Waals surface area contributed by atoms with Crippen molar-refractivity contribution in [3.63, 3.8) is 0 Å². The van der Waals surface area contributed by atoms with Gasteiger partial charge in [0.15, 0.2) is 5.13 Å². The molecule has 29 heavy (non-hydrogen) atoms. The number of carbonyl (C=O) groups is 1. The zero-order valence-corrected chi connectivity index (χ0v) is 16.9. The molecule has 0 bridgehead atoms. The first kappa shape index (κ1) is 19.3. The second-order valence-electron chi connectivity index (χ2n) is 6.95. The van der Waals surface area contributed by atoms with Crippen molar-refractivity contribution in [2.45, 2.75) is 26.3 Å². The van der Waals surface area contributed by atoms with Crippen LogP contribution in [0.25, 0.3) is 10.2 Å². The number of thiazole rings is 1. The van der Waals surface area contributed by atoms with Gasteiger partial charge in [-0.3, -0.25) is 9.69 Å². The Kier molecular flexibility index (Phi) is 5.67. The van der Waals surface area contributed by atoms with Gasteiger partial charge in [-0.25, -0.2) is 14.4 Å². The number of aromatic nitrogens is 3. The molecule has 0 N–H and O–H groups in total. The van der Waals surface area contributed by atoms with Gasteiger partial charge in [0.25, 0.3) is 0 Å². The third-order valence-corrected chi connectivity index (χ3v) is 5.73. The van der Waals surface area contributed by atoms with E-state index in [0.717, 1.165) is 28.8 Å². The van der Waals surface area contributed by atoms with Crippen molar-refractivity contribution in [1.29, 1.82) is 0 Å². The minimum Gasteiger partial charge on any atom is -0.337 e. The summed E-state index contributed by atoms with van der Waals surface area (Å²) in [6.45, 7) is 3.25. The van der Waals surface area contributed by atoms with Gasteiger partial charge in [-0.05, 0) is 31.0 Å². The second-order valence-corrected chi connectivity index (χ2v) is 7.96. The molecule has 0 radical (unpaired) electrons.